The highest BCUT2D eigenvalue weighted by molar-refractivity contribution is 8.14. The van der Waals surface area contributed by atoms with Gasteiger partial charge in [-0.05, 0) is 39.8 Å². The Labute approximate surface area is 103 Å². The molecule has 0 saturated carbocycles. The van der Waals surface area contributed by atoms with Crippen molar-refractivity contribution in [3.8, 4) is 0 Å². The van der Waals surface area contributed by atoms with Crippen molar-refractivity contribution in [2.24, 2.45) is 4.99 Å². The predicted octanol–water partition coefficient (Wildman–Crippen LogP) is 1.94. The smallest absolute Gasteiger partial charge is 0.157 e. The van der Waals surface area contributed by atoms with E-state index < -0.39 is 0 Å². The minimum absolute atomic E-state index is 0.226. The number of nitrogens with zero attached hydrogens (tertiary/aromatic N) is 2. The van der Waals surface area contributed by atoms with Crippen LogP contribution in [-0.2, 0) is 0 Å². The van der Waals surface area contributed by atoms with E-state index in [1.54, 1.807) is 0 Å². The van der Waals surface area contributed by atoms with Crippen LogP contribution in [0.2, 0.25) is 0 Å². The molecule has 0 aromatic heterocycles. The molecule has 1 unspecified atom stereocenters. The Hall–Kier alpha value is -0.220. The van der Waals surface area contributed by atoms with E-state index in [1.807, 2.05) is 11.8 Å². The Morgan fingerprint density at radius 3 is 3.00 bits per heavy atom. The third kappa shape index (κ3) is 2.92. The number of hydrogen-bond acceptors (Lipinski definition) is 3. The minimum atomic E-state index is 0.226. The number of amidine groups is 1. The molecule has 0 aromatic rings. The average Bonchev–Trinajstić information content (AvgIpc) is 2.81. The molecule has 92 valence electrons. The van der Waals surface area contributed by atoms with E-state index in [9.17, 15) is 0 Å². The Morgan fingerprint density at radius 2 is 2.38 bits per heavy atom. The van der Waals surface area contributed by atoms with Gasteiger partial charge in [0.05, 0.1) is 6.54 Å². The van der Waals surface area contributed by atoms with Crippen LogP contribution in [0.5, 0.6) is 0 Å². The standard InChI is InChI=1S/C12H23N3S/c1-4-15-7-5-6-10(15)8-13-11-14-12(2,3)9-16-11/h10H,4-9H2,1-3H3,(H,13,14). The third-order valence-electron chi connectivity index (χ3n) is 3.37. The molecule has 16 heavy (non-hydrogen) atoms. The molecule has 3 nitrogen and oxygen atoms in total. The molecule has 0 aliphatic carbocycles. The van der Waals surface area contributed by atoms with Gasteiger partial charge in [-0.25, -0.2) is 0 Å². The molecule has 0 bridgehead atoms. The van der Waals surface area contributed by atoms with Crippen LogP contribution in [0.15, 0.2) is 4.99 Å². The zero-order chi connectivity index (χ0) is 11.6. The lowest BCUT2D eigenvalue weighted by Crippen LogP contribution is -2.37. The molecule has 2 aliphatic rings. The van der Waals surface area contributed by atoms with Crippen molar-refractivity contribution in [3.63, 3.8) is 0 Å². The molecule has 0 spiro atoms. The highest BCUT2D eigenvalue weighted by Gasteiger charge is 2.28. The van der Waals surface area contributed by atoms with Gasteiger partial charge in [0.2, 0.25) is 0 Å². The summed E-state index contributed by atoms with van der Waals surface area (Å²) in [5.74, 6) is 1.13. The number of hydrogen-bond donors (Lipinski definition) is 1. The van der Waals surface area contributed by atoms with Gasteiger partial charge in [0.25, 0.3) is 0 Å². The van der Waals surface area contributed by atoms with Crippen LogP contribution in [0.4, 0.5) is 0 Å². The molecule has 2 fully saturated rings. The summed E-state index contributed by atoms with van der Waals surface area (Å²) in [4.78, 5) is 7.28. The van der Waals surface area contributed by atoms with E-state index in [-0.39, 0.29) is 5.54 Å². The number of rotatable bonds is 3. The van der Waals surface area contributed by atoms with Gasteiger partial charge in [0.1, 0.15) is 0 Å². The fourth-order valence-electron chi connectivity index (χ4n) is 2.40. The summed E-state index contributed by atoms with van der Waals surface area (Å²) in [6.45, 7) is 10.1. The van der Waals surface area contributed by atoms with Crippen LogP contribution < -0.4 is 5.32 Å². The first-order valence-electron chi connectivity index (χ1n) is 6.30. The Balaban J connectivity index is 1.85. The van der Waals surface area contributed by atoms with Crippen molar-refractivity contribution < 1.29 is 0 Å². The van der Waals surface area contributed by atoms with E-state index in [2.05, 4.69) is 31.0 Å². The second-order valence-corrected chi connectivity index (χ2v) is 6.33. The highest BCUT2D eigenvalue weighted by Crippen LogP contribution is 2.23. The molecule has 1 atom stereocenters. The molecule has 2 saturated heterocycles. The van der Waals surface area contributed by atoms with Crippen molar-refractivity contribution in [1.29, 1.82) is 0 Å². The van der Waals surface area contributed by atoms with Crippen molar-refractivity contribution in [3.05, 3.63) is 0 Å². The summed E-state index contributed by atoms with van der Waals surface area (Å²) < 4.78 is 0. The first-order chi connectivity index (χ1) is 7.61. The molecule has 4 heteroatoms. The van der Waals surface area contributed by atoms with Gasteiger partial charge in [0.15, 0.2) is 5.17 Å². The number of likely N-dealkylation sites (N-methyl/N-ethyl adjacent to an activating group) is 1. The molecule has 0 aromatic carbocycles. The van der Waals surface area contributed by atoms with E-state index in [4.69, 9.17) is 4.99 Å². The Morgan fingerprint density at radius 1 is 1.56 bits per heavy atom. The van der Waals surface area contributed by atoms with Crippen molar-refractivity contribution in [2.45, 2.75) is 45.2 Å². The van der Waals surface area contributed by atoms with E-state index in [1.165, 1.54) is 25.9 Å². The average molecular weight is 241 g/mol. The Bertz CT molecular complexity index is 275. The van der Waals surface area contributed by atoms with Gasteiger partial charge in [-0.1, -0.05) is 18.7 Å². The quantitative estimate of drug-likeness (QED) is 0.818. The van der Waals surface area contributed by atoms with E-state index in [0.29, 0.717) is 6.04 Å². The van der Waals surface area contributed by atoms with Gasteiger partial charge in [0, 0.05) is 17.3 Å². The lowest BCUT2D eigenvalue weighted by molar-refractivity contribution is 0.273. The second-order valence-electron chi connectivity index (χ2n) is 5.37. The molecule has 2 aliphatic heterocycles. The van der Waals surface area contributed by atoms with Crippen LogP contribution in [-0.4, -0.2) is 47.0 Å². The molecule has 1 N–H and O–H groups in total. The Kier molecular flexibility index (Phi) is 3.80. The summed E-state index contributed by atoms with van der Waals surface area (Å²) in [6.07, 6.45) is 2.66. The van der Waals surface area contributed by atoms with Gasteiger partial charge in [-0.2, -0.15) is 0 Å². The number of thioether (sulfide) groups is 1. The summed E-state index contributed by atoms with van der Waals surface area (Å²) in [5, 5.41) is 4.63. The maximum absolute atomic E-state index is 4.73. The van der Waals surface area contributed by atoms with Crippen LogP contribution in [0.1, 0.15) is 33.6 Å². The van der Waals surface area contributed by atoms with Crippen LogP contribution in [0, 0.1) is 0 Å². The van der Waals surface area contributed by atoms with E-state index in [0.717, 1.165) is 17.5 Å². The maximum Gasteiger partial charge on any atom is 0.157 e. The number of aliphatic imine (C=N–C) groups is 1. The molecular formula is C12H23N3S. The fourth-order valence-corrected chi connectivity index (χ4v) is 3.49. The molecule has 0 radical (unpaired) electrons. The van der Waals surface area contributed by atoms with Gasteiger partial charge >= 0.3 is 0 Å². The van der Waals surface area contributed by atoms with Crippen molar-refractivity contribution in [2.75, 3.05) is 25.4 Å². The molecule has 2 rings (SSSR count). The molecular weight excluding hydrogens is 218 g/mol. The summed E-state index contributed by atoms with van der Waals surface area (Å²) >= 11 is 1.86. The zero-order valence-corrected chi connectivity index (χ0v) is 11.4. The monoisotopic (exact) mass is 241 g/mol. The van der Waals surface area contributed by atoms with Crippen molar-refractivity contribution >= 4 is 16.9 Å². The van der Waals surface area contributed by atoms with Crippen LogP contribution in [0.3, 0.4) is 0 Å². The molecule has 0 amide bonds. The maximum atomic E-state index is 4.73. The summed E-state index contributed by atoms with van der Waals surface area (Å²) in [5.41, 5.74) is 0.226. The lowest BCUT2D eigenvalue weighted by Gasteiger charge is -2.21. The van der Waals surface area contributed by atoms with Gasteiger partial charge in [-0.15, -0.1) is 0 Å². The SMILES string of the molecule is CCN1CCCC1CN=C1NC(C)(C)CS1. The van der Waals surface area contributed by atoms with Crippen LogP contribution in [0.25, 0.3) is 0 Å². The first kappa shape index (κ1) is 12.2. The van der Waals surface area contributed by atoms with Gasteiger partial charge < -0.3 is 5.32 Å². The second kappa shape index (κ2) is 4.96. The first-order valence-corrected chi connectivity index (χ1v) is 7.29. The van der Waals surface area contributed by atoms with Crippen molar-refractivity contribution in [1.82, 2.24) is 10.2 Å². The largest absolute Gasteiger partial charge is 0.359 e. The summed E-state index contributed by atoms with van der Waals surface area (Å²) in [6, 6.07) is 0.684. The summed E-state index contributed by atoms with van der Waals surface area (Å²) in [7, 11) is 0. The highest BCUT2D eigenvalue weighted by atomic mass is 32.2. The predicted molar refractivity (Wildman–Crippen MR) is 72.2 cm³/mol. The van der Waals surface area contributed by atoms with Gasteiger partial charge in [-0.3, -0.25) is 9.89 Å². The number of nitrogens with one attached hydrogen (secondary N) is 1. The zero-order valence-electron chi connectivity index (χ0n) is 10.6. The van der Waals surface area contributed by atoms with Crippen LogP contribution >= 0.6 is 11.8 Å². The van der Waals surface area contributed by atoms with E-state index >= 15 is 0 Å². The lowest BCUT2D eigenvalue weighted by atomic mass is 10.1. The minimum Gasteiger partial charge on any atom is -0.359 e. The normalized spacial score (nSPS) is 32.2. The molecule has 2 heterocycles. The topological polar surface area (TPSA) is 27.6 Å². The number of likely N-dealkylation sites (tertiary alicyclic amines) is 1. The fraction of sp³-hybridized carbons (Fsp3) is 0.917. The third-order valence-corrected chi connectivity index (χ3v) is 4.74.